The number of hydrogen-bond donors (Lipinski definition) is 0. The zero-order valence-electron chi connectivity index (χ0n) is 10.7. The molecule has 2 rings (SSSR count). The molecule has 1 fully saturated rings. The predicted molar refractivity (Wildman–Crippen MR) is 71.6 cm³/mol. The standard InChI is InChI=1S/C12H16N2O4S/c1-19(16,17)18-10-9-13-7-8-14(12(13)15)11-5-3-2-4-6-11/h2-6H,7-10H2,1H3. The second-order valence-corrected chi connectivity index (χ2v) is 5.93. The van der Waals surface area contributed by atoms with Crippen LogP contribution in [0.15, 0.2) is 30.3 Å². The Morgan fingerprint density at radius 2 is 1.89 bits per heavy atom. The van der Waals surface area contributed by atoms with Crippen molar-refractivity contribution >= 4 is 21.8 Å². The Labute approximate surface area is 112 Å². The van der Waals surface area contributed by atoms with Crippen LogP contribution in [0.4, 0.5) is 10.5 Å². The summed E-state index contributed by atoms with van der Waals surface area (Å²) < 4.78 is 26.3. The molecule has 0 aromatic heterocycles. The minimum absolute atomic E-state index is 0.00674. The maximum atomic E-state index is 12.1. The highest BCUT2D eigenvalue weighted by Crippen LogP contribution is 2.19. The largest absolute Gasteiger partial charge is 0.324 e. The minimum atomic E-state index is -3.45. The molecular formula is C12H16N2O4S. The smallest absolute Gasteiger partial charge is 0.320 e. The first kappa shape index (κ1) is 13.8. The molecule has 1 heterocycles. The predicted octanol–water partition coefficient (Wildman–Crippen LogP) is 0.905. The highest BCUT2D eigenvalue weighted by Gasteiger charge is 2.29. The van der Waals surface area contributed by atoms with E-state index in [2.05, 4.69) is 4.18 Å². The summed E-state index contributed by atoms with van der Waals surface area (Å²) >= 11 is 0. The number of benzene rings is 1. The number of carbonyl (C=O) groups excluding carboxylic acids is 1. The second kappa shape index (κ2) is 5.58. The van der Waals surface area contributed by atoms with Gasteiger partial charge in [0.15, 0.2) is 0 Å². The van der Waals surface area contributed by atoms with Gasteiger partial charge in [-0.1, -0.05) is 18.2 Å². The van der Waals surface area contributed by atoms with Crippen LogP contribution < -0.4 is 4.90 Å². The van der Waals surface area contributed by atoms with Gasteiger partial charge in [0, 0.05) is 25.3 Å². The molecule has 1 aromatic rings. The Balaban J connectivity index is 1.92. The highest BCUT2D eigenvalue weighted by atomic mass is 32.2. The molecule has 0 spiro atoms. The maximum absolute atomic E-state index is 12.1. The van der Waals surface area contributed by atoms with Crippen molar-refractivity contribution in [2.75, 3.05) is 37.4 Å². The van der Waals surface area contributed by atoms with E-state index in [9.17, 15) is 13.2 Å². The summed E-state index contributed by atoms with van der Waals surface area (Å²) in [5.41, 5.74) is 0.846. The van der Waals surface area contributed by atoms with Gasteiger partial charge >= 0.3 is 6.03 Å². The summed E-state index contributed by atoms with van der Waals surface area (Å²) in [6.45, 7) is 1.44. The second-order valence-electron chi connectivity index (χ2n) is 4.28. The van der Waals surface area contributed by atoms with E-state index in [0.29, 0.717) is 13.1 Å². The minimum Gasteiger partial charge on any atom is -0.320 e. The lowest BCUT2D eigenvalue weighted by atomic mass is 10.3. The Morgan fingerprint density at radius 3 is 2.53 bits per heavy atom. The third kappa shape index (κ3) is 3.68. The summed E-state index contributed by atoms with van der Waals surface area (Å²) in [6, 6.07) is 9.25. The Morgan fingerprint density at radius 1 is 1.21 bits per heavy atom. The van der Waals surface area contributed by atoms with Crippen molar-refractivity contribution in [3.63, 3.8) is 0 Å². The average molecular weight is 284 g/mol. The zero-order valence-corrected chi connectivity index (χ0v) is 11.5. The van der Waals surface area contributed by atoms with E-state index in [1.54, 1.807) is 9.80 Å². The molecule has 1 aromatic carbocycles. The fourth-order valence-electron chi connectivity index (χ4n) is 1.94. The van der Waals surface area contributed by atoms with E-state index in [0.717, 1.165) is 11.9 Å². The molecule has 19 heavy (non-hydrogen) atoms. The van der Waals surface area contributed by atoms with Crippen molar-refractivity contribution in [1.82, 2.24) is 4.90 Å². The van der Waals surface area contributed by atoms with E-state index in [-0.39, 0.29) is 19.2 Å². The van der Waals surface area contributed by atoms with Gasteiger partial charge in [-0.25, -0.2) is 4.79 Å². The van der Waals surface area contributed by atoms with Crippen molar-refractivity contribution in [3.8, 4) is 0 Å². The molecule has 0 saturated carbocycles. The average Bonchev–Trinajstić information content (AvgIpc) is 2.71. The van der Waals surface area contributed by atoms with Crippen LogP contribution in [0.2, 0.25) is 0 Å². The molecule has 1 saturated heterocycles. The van der Waals surface area contributed by atoms with Crippen molar-refractivity contribution in [1.29, 1.82) is 0 Å². The zero-order chi connectivity index (χ0) is 13.9. The molecule has 0 N–H and O–H groups in total. The summed E-state index contributed by atoms with van der Waals surface area (Å²) in [7, 11) is -3.45. The van der Waals surface area contributed by atoms with Gasteiger partial charge in [-0.05, 0) is 12.1 Å². The highest BCUT2D eigenvalue weighted by molar-refractivity contribution is 7.85. The lowest BCUT2D eigenvalue weighted by molar-refractivity contribution is 0.206. The SMILES string of the molecule is CS(=O)(=O)OCCN1CCN(c2ccccc2)C1=O. The van der Waals surface area contributed by atoms with Gasteiger partial charge in [0.1, 0.15) is 0 Å². The van der Waals surface area contributed by atoms with Gasteiger partial charge < -0.3 is 4.90 Å². The molecule has 1 aliphatic heterocycles. The van der Waals surface area contributed by atoms with Gasteiger partial charge in [0.05, 0.1) is 12.9 Å². The van der Waals surface area contributed by atoms with Gasteiger partial charge in [0.2, 0.25) is 0 Å². The molecule has 6 nitrogen and oxygen atoms in total. The van der Waals surface area contributed by atoms with Crippen molar-refractivity contribution in [3.05, 3.63) is 30.3 Å². The first-order chi connectivity index (χ1) is 8.97. The molecular weight excluding hydrogens is 268 g/mol. The van der Waals surface area contributed by atoms with E-state index in [1.807, 2.05) is 30.3 Å². The molecule has 104 valence electrons. The van der Waals surface area contributed by atoms with E-state index < -0.39 is 10.1 Å². The van der Waals surface area contributed by atoms with Gasteiger partial charge in [-0.2, -0.15) is 8.42 Å². The topological polar surface area (TPSA) is 66.9 Å². The van der Waals surface area contributed by atoms with Crippen molar-refractivity contribution in [2.24, 2.45) is 0 Å². The van der Waals surface area contributed by atoms with Gasteiger partial charge in [-0.3, -0.25) is 9.08 Å². The third-order valence-corrected chi connectivity index (χ3v) is 3.42. The summed E-state index contributed by atoms with van der Waals surface area (Å²) in [4.78, 5) is 15.4. The summed E-state index contributed by atoms with van der Waals surface area (Å²) in [5, 5.41) is 0. The number of urea groups is 1. The summed E-state index contributed by atoms with van der Waals surface area (Å²) in [5.74, 6) is 0. The number of anilines is 1. The van der Waals surface area contributed by atoms with Crippen LogP contribution >= 0.6 is 0 Å². The number of carbonyl (C=O) groups is 1. The maximum Gasteiger partial charge on any atom is 0.324 e. The molecule has 0 aliphatic carbocycles. The number of amides is 2. The molecule has 2 amide bonds. The van der Waals surface area contributed by atoms with E-state index in [4.69, 9.17) is 0 Å². The summed E-state index contributed by atoms with van der Waals surface area (Å²) in [6.07, 6.45) is 0.995. The first-order valence-electron chi connectivity index (χ1n) is 5.93. The molecule has 0 atom stereocenters. The molecule has 0 bridgehead atoms. The molecule has 1 aliphatic rings. The monoisotopic (exact) mass is 284 g/mol. The van der Waals surface area contributed by atoms with E-state index >= 15 is 0 Å². The Bertz CT molecular complexity index is 544. The van der Waals surface area contributed by atoms with Crippen molar-refractivity contribution in [2.45, 2.75) is 0 Å². The van der Waals surface area contributed by atoms with Gasteiger partial charge in [0.25, 0.3) is 10.1 Å². The quantitative estimate of drug-likeness (QED) is 0.754. The normalized spacial score (nSPS) is 16.2. The lowest BCUT2D eigenvalue weighted by Gasteiger charge is -2.18. The fraction of sp³-hybridized carbons (Fsp3) is 0.417. The Kier molecular flexibility index (Phi) is 4.06. The fourth-order valence-corrected chi connectivity index (χ4v) is 2.31. The van der Waals surface area contributed by atoms with Crippen LogP contribution in [0.5, 0.6) is 0 Å². The number of rotatable bonds is 5. The van der Waals surface area contributed by atoms with Crippen LogP contribution in [0, 0.1) is 0 Å². The van der Waals surface area contributed by atoms with E-state index in [1.165, 1.54) is 0 Å². The Hall–Kier alpha value is -1.60. The van der Waals surface area contributed by atoms with Crippen LogP contribution in [0.1, 0.15) is 0 Å². The third-order valence-electron chi connectivity index (χ3n) is 2.82. The van der Waals surface area contributed by atoms with Gasteiger partial charge in [-0.15, -0.1) is 0 Å². The van der Waals surface area contributed by atoms with Crippen LogP contribution in [-0.2, 0) is 14.3 Å². The molecule has 0 radical (unpaired) electrons. The number of hydrogen-bond acceptors (Lipinski definition) is 4. The van der Waals surface area contributed by atoms with Crippen molar-refractivity contribution < 1.29 is 17.4 Å². The number of para-hydroxylation sites is 1. The lowest BCUT2D eigenvalue weighted by Crippen LogP contribution is -2.34. The number of nitrogens with zero attached hydrogens (tertiary/aromatic N) is 2. The first-order valence-corrected chi connectivity index (χ1v) is 7.75. The van der Waals surface area contributed by atoms with Crippen LogP contribution in [-0.4, -0.2) is 51.8 Å². The molecule has 7 heteroatoms. The molecule has 0 unspecified atom stereocenters. The van der Waals surface area contributed by atoms with Crippen LogP contribution in [0.3, 0.4) is 0 Å². The van der Waals surface area contributed by atoms with Crippen LogP contribution in [0.25, 0.3) is 0 Å².